The van der Waals surface area contributed by atoms with E-state index in [1.165, 1.54) is 69.8 Å². The molecular formula is C18H27N. The molecule has 1 aromatic carbocycles. The normalized spacial score (nSPS) is 22.6. The molecule has 0 amide bonds. The zero-order valence-electron chi connectivity index (χ0n) is 12.0. The smallest absolute Gasteiger partial charge is 0.0323 e. The third-order valence-electron chi connectivity index (χ3n) is 5.17. The molecule has 1 heteroatoms. The lowest BCUT2D eigenvalue weighted by Crippen LogP contribution is -2.21. The van der Waals surface area contributed by atoms with Crippen LogP contribution in [0, 0.1) is 5.92 Å². The molecule has 0 spiro atoms. The van der Waals surface area contributed by atoms with E-state index >= 15 is 0 Å². The first-order valence-corrected chi connectivity index (χ1v) is 8.22. The number of aryl methyl sites for hydroxylation is 2. The van der Waals surface area contributed by atoms with Gasteiger partial charge in [0.05, 0.1) is 0 Å². The minimum atomic E-state index is 0.269. The van der Waals surface area contributed by atoms with Crippen LogP contribution >= 0.6 is 0 Å². The van der Waals surface area contributed by atoms with Gasteiger partial charge in [0.2, 0.25) is 0 Å². The van der Waals surface area contributed by atoms with E-state index in [4.69, 9.17) is 5.73 Å². The molecular weight excluding hydrogens is 230 g/mol. The van der Waals surface area contributed by atoms with Crippen LogP contribution < -0.4 is 5.73 Å². The van der Waals surface area contributed by atoms with Gasteiger partial charge in [0.15, 0.2) is 0 Å². The van der Waals surface area contributed by atoms with Gasteiger partial charge < -0.3 is 5.73 Å². The van der Waals surface area contributed by atoms with Crippen molar-refractivity contribution in [1.29, 1.82) is 0 Å². The fraction of sp³-hybridized carbons (Fsp3) is 0.667. The quantitative estimate of drug-likeness (QED) is 0.774. The molecule has 1 unspecified atom stereocenters. The Hall–Kier alpha value is -0.820. The van der Waals surface area contributed by atoms with Crippen LogP contribution in [-0.4, -0.2) is 0 Å². The Balaban J connectivity index is 1.76. The van der Waals surface area contributed by atoms with E-state index in [9.17, 15) is 0 Å². The fourth-order valence-corrected chi connectivity index (χ4v) is 3.90. The summed E-state index contributed by atoms with van der Waals surface area (Å²) in [6, 6.07) is 7.34. The Labute approximate surface area is 117 Å². The summed E-state index contributed by atoms with van der Waals surface area (Å²) in [5.74, 6) is 0.712. The Kier molecular flexibility index (Phi) is 4.22. The molecule has 2 N–H and O–H groups in total. The molecule has 3 rings (SSSR count). The molecule has 0 aliphatic heterocycles. The number of hydrogen-bond acceptors (Lipinski definition) is 1. The van der Waals surface area contributed by atoms with Gasteiger partial charge in [0, 0.05) is 6.04 Å². The first-order valence-electron chi connectivity index (χ1n) is 8.22. The van der Waals surface area contributed by atoms with Crippen LogP contribution in [0.4, 0.5) is 0 Å². The van der Waals surface area contributed by atoms with Crippen LogP contribution in [0.2, 0.25) is 0 Å². The van der Waals surface area contributed by atoms with Gasteiger partial charge in [-0.15, -0.1) is 0 Å². The van der Waals surface area contributed by atoms with Gasteiger partial charge in [-0.05, 0) is 61.1 Å². The second-order valence-corrected chi connectivity index (χ2v) is 6.51. The summed E-state index contributed by atoms with van der Waals surface area (Å²) in [7, 11) is 0. The average molecular weight is 257 g/mol. The van der Waals surface area contributed by atoms with Gasteiger partial charge in [-0.25, -0.2) is 0 Å². The highest BCUT2D eigenvalue weighted by Crippen LogP contribution is 2.33. The largest absolute Gasteiger partial charge is 0.324 e. The van der Waals surface area contributed by atoms with E-state index < -0.39 is 0 Å². The minimum Gasteiger partial charge on any atom is -0.324 e. The van der Waals surface area contributed by atoms with Crippen molar-refractivity contribution < 1.29 is 0 Å². The molecule has 1 atom stereocenters. The lowest BCUT2D eigenvalue weighted by atomic mass is 9.84. The molecule has 0 aromatic heterocycles. The van der Waals surface area contributed by atoms with Crippen molar-refractivity contribution >= 4 is 0 Å². The van der Waals surface area contributed by atoms with Gasteiger partial charge in [-0.2, -0.15) is 0 Å². The van der Waals surface area contributed by atoms with E-state index in [2.05, 4.69) is 18.2 Å². The summed E-state index contributed by atoms with van der Waals surface area (Å²) in [6.45, 7) is 0. The van der Waals surface area contributed by atoms with E-state index in [-0.39, 0.29) is 6.04 Å². The zero-order valence-corrected chi connectivity index (χ0v) is 12.0. The minimum absolute atomic E-state index is 0.269. The molecule has 104 valence electrons. The highest BCUT2D eigenvalue weighted by molar-refractivity contribution is 5.35. The molecule has 1 nitrogen and oxygen atoms in total. The van der Waals surface area contributed by atoms with Gasteiger partial charge in [0.25, 0.3) is 0 Å². The van der Waals surface area contributed by atoms with Crippen LogP contribution in [-0.2, 0) is 12.8 Å². The maximum absolute atomic E-state index is 6.57. The summed E-state index contributed by atoms with van der Waals surface area (Å²) < 4.78 is 0. The molecule has 0 saturated heterocycles. The molecule has 0 radical (unpaired) electrons. The van der Waals surface area contributed by atoms with Gasteiger partial charge in [0.1, 0.15) is 0 Å². The van der Waals surface area contributed by atoms with E-state index in [0.29, 0.717) is 5.92 Å². The Morgan fingerprint density at radius 2 is 1.53 bits per heavy atom. The summed E-state index contributed by atoms with van der Waals surface area (Å²) >= 11 is 0. The highest BCUT2D eigenvalue weighted by atomic mass is 14.7. The first kappa shape index (κ1) is 13.2. The fourth-order valence-electron chi connectivity index (χ4n) is 3.90. The van der Waals surface area contributed by atoms with Gasteiger partial charge in [-0.3, -0.25) is 0 Å². The molecule has 1 saturated carbocycles. The van der Waals surface area contributed by atoms with Gasteiger partial charge in [-0.1, -0.05) is 43.9 Å². The number of hydrogen-bond donors (Lipinski definition) is 1. The Morgan fingerprint density at radius 3 is 2.26 bits per heavy atom. The highest BCUT2D eigenvalue weighted by Gasteiger charge is 2.22. The van der Waals surface area contributed by atoms with E-state index in [0.717, 1.165) is 0 Å². The predicted molar refractivity (Wildman–Crippen MR) is 81.2 cm³/mol. The van der Waals surface area contributed by atoms with Gasteiger partial charge >= 0.3 is 0 Å². The third kappa shape index (κ3) is 3.02. The van der Waals surface area contributed by atoms with Crippen molar-refractivity contribution in [1.82, 2.24) is 0 Å². The SMILES string of the molecule is NC(c1ccc2c(c1)CCCC2)C1CCCCCC1. The lowest BCUT2D eigenvalue weighted by molar-refractivity contribution is 0.382. The molecule has 19 heavy (non-hydrogen) atoms. The van der Waals surface area contributed by atoms with E-state index in [1.807, 2.05) is 0 Å². The average Bonchev–Trinajstić information content (AvgIpc) is 2.75. The molecule has 0 heterocycles. The maximum Gasteiger partial charge on any atom is 0.0323 e. The molecule has 1 fully saturated rings. The third-order valence-corrected chi connectivity index (χ3v) is 5.17. The topological polar surface area (TPSA) is 26.0 Å². The Bertz CT molecular complexity index is 416. The first-order chi connectivity index (χ1) is 9.34. The van der Waals surface area contributed by atoms with Crippen molar-refractivity contribution in [3.63, 3.8) is 0 Å². The van der Waals surface area contributed by atoms with Crippen molar-refractivity contribution in [3.8, 4) is 0 Å². The summed E-state index contributed by atoms with van der Waals surface area (Å²) in [4.78, 5) is 0. The number of rotatable bonds is 2. The second-order valence-electron chi connectivity index (χ2n) is 6.51. The zero-order chi connectivity index (χ0) is 13.1. The van der Waals surface area contributed by atoms with Crippen molar-refractivity contribution in [2.75, 3.05) is 0 Å². The Morgan fingerprint density at radius 1 is 0.842 bits per heavy atom. The summed E-state index contributed by atoms with van der Waals surface area (Å²) in [5.41, 5.74) is 11.1. The van der Waals surface area contributed by atoms with Crippen LogP contribution in [0.15, 0.2) is 18.2 Å². The predicted octanol–water partition coefficient (Wildman–Crippen LogP) is 4.54. The van der Waals surface area contributed by atoms with Crippen molar-refractivity contribution in [2.24, 2.45) is 11.7 Å². The number of benzene rings is 1. The van der Waals surface area contributed by atoms with Crippen LogP contribution in [0.3, 0.4) is 0 Å². The standard InChI is InChI=1S/C18H27N/c19-18(15-8-3-1-2-4-9-15)17-12-11-14-7-5-6-10-16(14)13-17/h11-13,15,18H,1-10,19H2. The van der Waals surface area contributed by atoms with Crippen molar-refractivity contribution in [3.05, 3.63) is 34.9 Å². The number of nitrogens with two attached hydrogens (primary N) is 1. The molecule has 0 bridgehead atoms. The maximum atomic E-state index is 6.57. The molecule has 1 aromatic rings. The van der Waals surface area contributed by atoms with Crippen molar-refractivity contribution in [2.45, 2.75) is 70.3 Å². The summed E-state index contributed by atoms with van der Waals surface area (Å²) in [5, 5.41) is 0. The summed E-state index contributed by atoms with van der Waals surface area (Å²) in [6.07, 6.45) is 13.5. The molecule has 2 aliphatic carbocycles. The van der Waals surface area contributed by atoms with Crippen LogP contribution in [0.25, 0.3) is 0 Å². The second kappa shape index (κ2) is 6.09. The van der Waals surface area contributed by atoms with E-state index in [1.54, 1.807) is 11.1 Å². The van der Waals surface area contributed by atoms with Crippen LogP contribution in [0.1, 0.15) is 74.1 Å². The number of fused-ring (bicyclic) bond motifs is 1. The van der Waals surface area contributed by atoms with Crippen LogP contribution in [0.5, 0.6) is 0 Å². The molecule has 2 aliphatic rings. The lowest BCUT2D eigenvalue weighted by Gasteiger charge is -2.25. The monoisotopic (exact) mass is 257 g/mol.